The monoisotopic (exact) mass is 318 g/mol. The zero-order valence-corrected chi connectivity index (χ0v) is 12.7. The Hall–Kier alpha value is -0.350. The van der Waals surface area contributed by atoms with E-state index in [0.717, 1.165) is 5.33 Å². The van der Waals surface area contributed by atoms with Crippen molar-refractivity contribution in [3.8, 4) is 0 Å². The molecule has 0 bridgehead atoms. The van der Waals surface area contributed by atoms with Crippen molar-refractivity contribution in [2.75, 3.05) is 16.8 Å². The van der Waals surface area contributed by atoms with Crippen LogP contribution in [0.3, 0.4) is 0 Å². The van der Waals surface area contributed by atoms with Gasteiger partial charge < -0.3 is 0 Å². The van der Waals surface area contributed by atoms with Crippen LogP contribution in [-0.2, 0) is 9.84 Å². The van der Waals surface area contributed by atoms with Crippen molar-refractivity contribution < 1.29 is 8.42 Å². The Morgan fingerprint density at radius 1 is 1.35 bits per heavy atom. The Morgan fingerprint density at radius 2 is 2.06 bits per heavy atom. The van der Waals surface area contributed by atoms with Crippen LogP contribution in [0.15, 0.2) is 24.3 Å². The number of benzene rings is 1. The summed E-state index contributed by atoms with van der Waals surface area (Å²) >= 11 is 3.47. The average Bonchev–Trinajstić information content (AvgIpc) is 2.30. The molecule has 17 heavy (non-hydrogen) atoms. The Balaban J connectivity index is 2.73. The molecule has 0 aliphatic carbocycles. The summed E-state index contributed by atoms with van der Waals surface area (Å²) in [5.41, 5.74) is 2.43. The molecule has 0 radical (unpaired) electrons. The molecule has 0 aliphatic rings. The first-order chi connectivity index (χ1) is 7.98. The SMILES string of the molecule is CCS(=O)(=O)CCC(CBr)c1cccc(C)c1. The van der Waals surface area contributed by atoms with Crippen molar-refractivity contribution in [1.29, 1.82) is 0 Å². The third-order valence-corrected chi connectivity index (χ3v) is 5.44. The number of rotatable bonds is 6. The van der Waals surface area contributed by atoms with E-state index in [9.17, 15) is 8.42 Å². The molecule has 0 saturated carbocycles. The maximum Gasteiger partial charge on any atom is 0.150 e. The van der Waals surface area contributed by atoms with Gasteiger partial charge in [0.05, 0.1) is 5.75 Å². The fourth-order valence-corrected chi connectivity index (χ4v) is 3.35. The quantitative estimate of drug-likeness (QED) is 0.754. The van der Waals surface area contributed by atoms with E-state index in [0.29, 0.717) is 6.42 Å². The van der Waals surface area contributed by atoms with Crippen molar-refractivity contribution >= 4 is 25.8 Å². The number of alkyl halides is 1. The predicted octanol–water partition coefficient (Wildman–Crippen LogP) is 3.30. The molecule has 0 aromatic heterocycles. The van der Waals surface area contributed by atoms with Gasteiger partial charge in [-0.15, -0.1) is 0 Å². The zero-order valence-electron chi connectivity index (χ0n) is 10.3. The van der Waals surface area contributed by atoms with Crippen molar-refractivity contribution in [2.24, 2.45) is 0 Å². The lowest BCUT2D eigenvalue weighted by Crippen LogP contribution is -2.13. The molecule has 0 aliphatic heterocycles. The molecule has 1 rings (SSSR count). The van der Waals surface area contributed by atoms with E-state index in [1.807, 2.05) is 6.07 Å². The molecule has 1 aromatic rings. The fourth-order valence-electron chi connectivity index (χ4n) is 1.72. The standard InChI is InChI=1S/C13H19BrO2S/c1-3-17(15,16)8-7-13(10-14)12-6-4-5-11(2)9-12/h4-6,9,13H,3,7-8,10H2,1-2H3. The van der Waals surface area contributed by atoms with Gasteiger partial charge in [-0.3, -0.25) is 0 Å². The molecule has 0 N–H and O–H groups in total. The van der Waals surface area contributed by atoms with Gasteiger partial charge in [0.2, 0.25) is 0 Å². The molecular weight excluding hydrogens is 300 g/mol. The first-order valence-corrected chi connectivity index (χ1v) is 8.75. The van der Waals surface area contributed by atoms with Crippen LogP contribution in [0.1, 0.15) is 30.4 Å². The summed E-state index contributed by atoms with van der Waals surface area (Å²) in [6.07, 6.45) is 0.685. The van der Waals surface area contributed by atoms with Crippen LogP contribution < -0.4 is 0 Å². The van der Waals surface area contributed by atoms with Crippen LogP contribution in [0, 0.1) is 6.92 Å². The highest BCUT2D eigenvalue weighted by atomic mass is 79.9. The highest BCUT2D eigenvalue weighted by molar-refractivity contribution is 9.09. The summed E-state index contributed by atoms with van der Waals surface area (Å²) in [5, 5.41) is 0.801. The maximum atomic E-state index is 11.5. The molecule has 0 amide bonds. The Bertz CT molecular complexity index is 454. The topological polar surface area (TPSA) is 34.1 Å². The highest BCUT2D eigenvalue weighted by Gasteiger charge is 2.15. The summed E-state index contributed by atoms with van der Waals surface area (Å²) in [6, 6.07) is 8.27. The third kappa shape index (κ3) is 4.80. The van der Waals surface area contributed by atoms with Crippen molar-refractivity contribution in [2.45, 2.75) is 26.2 Å². The predicted molar refractivity (Wildman–Crippen MR) is 76.7 cm³/mol. The van der Waals surface area contributed by atoms with Gasteiger partial charge in [0.1, 0.15) is 9.84 Å². The second kappa shape index (κ2) is 6.55. The van der Waals surface area contributed by atoms with Crippen LogP contribution >= 0.6 is 15.9 Å². The molecule has 0 heterocycles. The Kier molecular flexibility index (Phi) is 5.67. The van der Waals surface area contributed by atoms with Crippen molar-refractivity contribution in [3.05, 3.63) is 35.4 Å². The van der Waals surface area contributed by atoms with Gasteiger partial charge in [0, 0.05) is 11.1 Å². The van der Waals surface area contributed by atoms with Crippen LogP contribution in [0.4, 0.5) is 0 Å². The molecule has 0 spiro atoms. The van der Waals surface area contributed by atoms with Crippen LogP contribution in [0.5, 0.6) is 0 Å². The molecule has 2 nitrogen and oxygen atoms in total. The van der Waals surface area contributed by atoms with Gasteiger partial charge in [-0.2, -0.15) is 0 Å². The molecule has 1 unspecified atom stereocenters. The lowest BCUT2D eigenvalue weighted by atomic mass is 9.97. The van der Waals surface area contributed by atoms with Gasteiger partial charge in [0.15, 0.2) is 0 Å². The summed E-state index contributed by atoms with van der Waals surface area (Å²) < 4.78 is 23.0. The van der Waals surface area contributed by atoms with E-state index < -0.39 is 9.84 Å². The average molecular weight is 319 g/mol. The van der Waals surface area contributed by atoms with Crippen molar-refractivity contribution in [1.82, 2.24) is 0 Å². The van der Waals surface area contributed by atoms with E-state index in [-0.39, 0.29) is 17.4 Å². The number of sulfone groups is 1. The summed E-state index contributed by atoms with van der Waals surface area (Å²) in [7, 11) is -2.86. The molecular formula is C13H19BrO2S. The lowest BCUT2D eigenvalue weighted by molar-refractivity contribution is 0.590. The fraction of sp³-hybridized carbons (Fsp3) is 0.538. The van der Waals surface area contributed by atoms with E-state index in [1.54, 1.807) is 6.92 Å². The maximum absolute atomic E-state index is 11.5. The number of halogens is 1. The minimum absolute atomic E-state index is 0.232. The normalized spacial score (nSPS) is 13.6. The molecule has 1 aromatic carbocycles. The van der Waals surface area contributed by atoms with E-state index in [4.69, 9.17) is 0 Å². The van der Waals surface area contributed by atoms with Crippen LogP contribution in [0.2, 0.25) is 0 Å². The first-order valence-electron chi connectivity index (χ1n) is 5.81. The van der Waals surface area contributed by atoms with Crippen LogP contribution in [0.25, 0.3) is 0 Å². The molecule has 4 heteroatoms. The second-order valence-corrected chi connectivity index (χ2v) is 7.41. The number of aryl methyl sites for hydroxylation is 1. The van der Waals surface area contributed by atoms with Crippen molar-refractivity contribution in [3.63, 3.8) is 0 Å². The number of hydrogen-bond acceptors (Lipinski definition) is 2. The summed E-state index contributed by atoms with van der Waals surface area (Å²) in [4.78, 5) is 0. The lowest BCUT2D eigenvalue weighted by Gasteiger charge is -2.14. The van der Waals surface area contributed by atoms with E-state index >= 15 is 0 Å². The molecule has 0 saturated heterocycles. The zero-order chi connectivity index (χ0) is 12.9. The molecule has 96 valence electrons. The molecule has 1 atom stereocenters. The minimum atomic E-state index is -2.86. The third-order valence-electron chi connectivity index (χ3n) is 2.92. The van der Waals surface area contributed by atoms with Gasteiger partial charge in [0.25, 0.3) is 0 Å². The summed E-state index contributed by atoms with van der Waals surface area (Å²) in [5.74, 6) is 0.778. The highest BCUT2D eigenvalue weighted by Crippen LogP contribution is 2.23. The van der Waals surface area contributed by atoms with Crippen LogP contribution in [-0.4, -0.2) is 25.3 Å². The Morgan fingerprint density at radius 3 is 2.59 bits per heavy atom. The first kappa shape index (κ1) is 14.7. The van der Waals surface area contributed by atoms with E-state index in [2.05, 4.69) is 41.1 Å². The second-order valence-electron chi connectivity index (χ2n) is 4.29. The smallest absolute Gasteiger partial charge is 0.150 e. The Labute approximate surface area is 112 Å². The number of hydrogen-bond donors (Lipinski definition) is 0. The van der Waals surface area contributed by atoms with Gasteiger partial charge in [-0.05, 0) is 24.8 Å². The van der Waals surface area contributed by atoms with E-state index in [1.165, 1.54) is 11.1 Å². The minimum Gasteiger partial charge on any atom is -0.229 e. The largest absolute Gasteiger partial charge is 0.229 e. The van der Waals surface area contributed by atoms with Gasteiger partial charge >= 0.3 is 0 Å². The molecule has 0 fully saturated rings. The summed E-state index contributed by atoms with van der Waals surface area (Å²) in [6.45, 7) is 3.75. The van der Waals surface area contributed by atoms with Gasteiger partial charge in [-0.25, -0.2) is 8.42 Å². The van der Waals surface area contributed by atoms with Gasteiger partial charge in [-0.1, -0.05) is 52.7 Å².